The predicted octanol–water partition coefficient (Wildman–Crippen LogP) is 3.09. The zero-order valence-electron chi connectivity index (χ0n) is 12.0. The summed E-state index contributed by atoms with van der Waals surface area (Å²) in [5, 5.41) is 8.90. The van der Waals surface area contributed by atoms with E-state index in [2.05, 4.69) is 17.0 Å². The molecule has 4 heteroatoms. The van der Waals surface area contributed by atoms with E-state index in [0.717, 1.165) is 25.1 Å². The molecule has 1 aromatic rings. The van der Waals surface area contributed by atoms with Crippen LogP contribution in [0.25, 0.3) is 0 Å². The first-order valence-electron chi connectivity index (χ1n) is 7.30. The maximum absolute atomic E-state index is 10.8. The second kappa shape index (κ2) is 7.29. The number of hydrogen-bond donors (Lipinski definition) is 1. The van der Waals surface area contributed by atoms with Crippen molar-refractivity contribution >= 4 is 5.97 Å². The molecule has 0 amide bonds. The van der Waals surface area contributed by atoms with Gasteiger partial charge in [0.05, 0.1) is 13.5 Å². The van der Waals surface area contributed by atoms with Crippen LogP contribution in [0.4, 0.5) is 0 Å². The lowest BCUT2D eigenvalue weighted by Gasteiger charge is -2.30. The lowest BCUT2D eigenvalue weighted by molar-refractivity contribution is -0.137. The molecule has 1 heterocycles. The van der Waals surface area contributed by atoms with Crippen LogP contribution in [0.3, 0.4) is 0 Å². The van der Waals surface area contributed by atoms with Crippen molar-refractivity contribution in [2.45, 2.75) is 38.1 Å². The Morgan fingerprint density at radius 2 is 2.05 bits per heavy atom. The fourth-order valence-corrected chi connectivity index (χ4v) is 2.88. The average Bonchev–Trinajstić information content (AvgIpc) is 2.70. The molecule has 1 saturated heterocycles. The second-order valence-electron chi connectivity index (χ2n) is 5.32. The van der Waals surface area contributed by atoms with Crippen LogP contribution in [0.5, 0.6) is 5.75 Å². The van der Waals surface area contributed by atoms with Crippen LogP contribution in [0, 0.1) is 0 Å². The molecule has 0 unspecified atom stereocenters. The van der Waals surface area contributed by atoms with Crippen molar-refractivity contribution in [2.75, 3.05) is 20.2 Å². The molecule has 2 rings (SSSR count). The van der Waals surface area contributed by atoms with Crippen LogP contribution in [-0.4, -0.2) is 36.2 Å². The average molecular weight is 277 g/mol. The van der Waals surface area contributed by atoms with Crippen LogP contribution in [-0.2, 0) is 4.79 Å². The quantitative estimate of drug-likeness (QED) is 0.898. The van der Waals surface area contributed by atoms with Gasteiger partial charge in [0.1, 0.15) is 5.75 Å². The Balaban J connectivity index is 2.11. The van der Waals surface area contributed by atoms with Gasteiger partial charge in [0.2, 0.25) is 0 Å². The van der Waals surface area contributed by atoms with Crippen molar-refractivity contribution in [1.29, 1.82) is 0 Å². The van der Waals surface area contributed by atoms with E-state index in [1.807, 2.05) is 12.1 Å². The number of carbonyl (C=O) groups is 1. The molecule has 1 N–H and O–H groups in total. The van der Waals surface area contributed by atoms with Crippen LogP contribution in [0.1, 0.15) is 43.7 Å². The summed E-state index contributed by atoms with van der Waals surface area (Å²) in [6.45, 7) is 1.62. The minimum Gasteiger partial charge on any atom is -0.497 e. The third kappa shape index (κ3) is 3.97. The highest BCUT2D eigenvalue weighted by Crippen LogP contribution is 2.31. The van der Waals surface area contributed by atoms with E-state index in [-0.39, 0.29) is 6.42 Å². The predicted molar refractivity (Wildman–Crippen MR) is 78.0 cm³/mol. The number of ether oxygens (including phenoxy) is 1. The van der Waals surface area contributed by atoms with Gasteiger partial charge in [0.25, 0.3) is 0 Å². The number of methoxy groups -OCH3 is 1. The molecule has 1 aromatic carbocycles. The zero-order valence-corrected chi connectivity index (χ0v) is 12.0. The number of carboxylic acids is 1. The molecule has 1 fully saturated rings. The molecule has 1 aliphatic heterocycles. The van der Waals surface area contributed by atoms with E-state index in [4.69, 9.17) is 9.84 Å². The molecule has 110 valence electrons. The van der Waals surface area contributed by atoms with Gasteiger partial charge in [-0.15, -0.1) is 0 Å². The van der Waals surface area contributed by atoms with Crippen molar-refractivity contribution in [2.24, 2.45) is 0 Å². The number of rotatable bonds is 5. The monoisotopic (exact) mass is 277 g/mol. The van der Waals surface area contributed by atoms with Gasteiger partial charge < -0.3 is 9.84 Å². The Bertz CT molecular complexity index is 430. The Kier molecular flexibility index (Phi) is 5.41. The normalized spacial score (nSPS) is 20.4. The summed E-state index contributed by atoms with van der Waals surface area (Å²) in [5.74, 6) is 0.141. The van der Waals surface area contributed by atoms with Gasteiger partial charge >= 0.3 is 5.97 Å². The van der Waals surface area contributed by atoms with Gasteiger partial charge in [0.15, 0.2) is 0 Å². The largest absolute Gasteiger partial charge is 0.497 e. The maximum atomic E-state index is 10.8. The highest BCUT2D eigenvalue weighted by Gasteiger charge is 2.22. The Labute approximate surface area is 120 Å². The van der Waals surface area contributed by atoms with Crippen molar-refractivity contribution in [3.05, 3.63) is 29.8 Å². The molecule has 1 aliphatic rings. The van der Waals surface area contributed by atoms with Crippen molar-refractivity contribution in [3.8, 4) is 5.75 Å². The van der Waals surface area contributed by atoms with Gasteiger partial charge in [0, 0.05) is 12.6 Å². The third-order valence-corrected chi connectivity index (χ3v) is 3.98. The molecule has 0 spiro atoms. The van der Waals surface area contributed by atoms with E-state index in [1.54, 1.807) is 7.11 Å². The molecule has 1 atom stereocenters. The van der Waals surface area contributed by atoms with Crippen LogP contribution in [0.15, 0.2) is 24.3 Å². The SMILES string of the molecule is COc1ccc([C@H]2CCCCCN2CCC(=O)O)cc1. The van der Waals surface area contributed by atoms with Crippen LogP contribution >= 0.6 is 0 Å². The van der Waals surface area contributed by atoms with Gasteiger partial charge in [-0.3, -0.25) is 9.69 Å². The number of nitrogens with zero attached hydrogens (tertiary/aromatic N) is 1. The molecule has 0 aliphatic carbocycles. The summed E-state index contributed by atoms with van der Waals surface area (Å²) in [4.78, 5) is 13.1. The molecule has 4 nitrogen and oxygen atoms in total. The summed E-state index contributed by atoms with van der Waals surface area (Å²) in [6.07, 6.45) is 4.92. The third-order valence-electron chi connectivity index (χ3n) is 3.98. The number of hydrogen-bond acceptors (Lipinski definition) is 3. The van der Waals surface area contributed by atoms with E-state index in [0.29, 0.717) is 12.6 Å². The molecular formula is C16H23NO3. The Morgan fingerprint density at radius 3 is 2.70 bits per heavy atom. The summed E-state index contributed by atoms with van der Waals surface area (Å²) < 4.78 is 5.20. The first-order valence-corrected chi connectivity index (χ1v) is 7.30. The van der Waals surface area contributed by atoms with Crippen molar-refractivity contribution in [1.82, 2.24) is 4.90 Å². The van der Waals surface area contributed by atoms with E-state index >= 15 is 0 Å². The molecule has 20 heavy (non-hydrogen) atoms. The molecule has 0 radical (unpaired) electrons. The zero-order chi connectivity index (χ0) is 14.4. The highest BCUT2D eigenvalue weighted by molar-refractivity contribution is 5.66. The lowest BCUT2D eigenvalue weighted by atomic mass is 10.0. The first-order chi connectivity index (χ1) is 9.70. The van der Waals surface area contributed by atoms with Gasteiger partial charge in [-0.25, -0.2) is 0 Å². The standard InChI is InChI=1S/C16H23NO3/c1-20-14-8-6-13(7-9-14)15-5-3-2-4-11-17(15)12-10-16(18)19/h6-9,15H,2-5,10-12H2,1H3,(H,18,19)/t15-/m1/s1. The first kappa shape index (κ1) is 14.9. The molecule has 0 aromatic heterocycles. The lowest BCUT2D eigenvalue weighted by Crippen LogP contribution is -2.30. The fourth-order valence-electron chi connectivity index (χ4n) is 2.88. The van der Waals surface area contributed by atoms with Crippen LogP contribution in [0.2, 0.25) is 0 Å². The molecular weight excluding hydrogens is 254 g/mol. The molecule has 0 saturated carbocycles. The molecule has 0 bridgehead atoms. The van der Waals surface area contributed by atoms with E-state index < -0.39 is 5.97 Å². The van der Waals surface area contributed by atoms with E-state index in [1.165, 1.54) is 18.4 Å². The summed E-state index contributed by atoms with van der Waals surface area (Å²) in [7, 11) is 1.67. The number of benzene rings is 1. The van der Waals surface area contributed by atoms with Crippen molar-refractivity contribution < 1.29 is 14.6 Å². The van der Waals surface area contributed by atoms with Crippen LogP contribution < -0.4 is 4.74 Å². The number of aliphatic carboxylic acids is 1. The Morgan fingerprint density at radius 1 is 1.30 bits per heavy atom. The minimum atomic E-state index is -0.720. The Hall–Kier alpha value is -1.55. The number of likely N-dealkylation sites (tertiary alicyclic amines) is 1. The van der Waals surface area contributed by atoms with Crippen molar-refractivity contribution in [3.63, 3.8) is 0 Å². The highest BCUT2D eigenvalue weighted by atomic mass is 16.5. The van der Waals surface area contributed by atoms with Gasteiger partial charge in [-0.05, 0) is 37.1 Å². The maximum Gasteiger partial charge on any atom is 0.304 e. The van der Waals surface area contributed by atoms with Gasteiger partial charge in [-0.1, -0.05) is 25.0 Å². The smallest absolute Gasteiger partial charge is 0.304 e. The summed E-state index contributed by atoms with van der Waals surface area (Å²) in [6, 6.07) is 8.50. The fraction of sp³-hybridized carbons (Fsp3) is 0.562. The second-order valence-corrected chi connectivity index (χ2v) is 5.32. The summed E-state index contributed by atoms with van der Waals surface area (Å²) in [5.41, 5.74) is 1.26. The number of carboxylic acid groups (broad SMARTS) is 1. The minimum absolute atomic E-state index is 0.215. The van der Waals surface area contributed by atoms with E-state index in [9.17, 15) is 4.79 Å². The summed E-state index contributed by atoms with van der Waals surface area (Å²) >= 11 is 0. The van der Waals surface area contributed by atoms with Gasteiger partial charge in [-0.2, -0.15) is 0 Å². The topological polar surface area (TPSA) is 49.8 Å².